The van der Waals surface area contributed by atoms with Crippen molar-refractivity contribution in [3.8, 4) is 5.75 Å². The average Bonchev–Trinajstić information content (AvgIpc) is 2.57. The molecule has 0 aromatic heterocycles. The van der Waals surface area contributed by atoms with Gasteiger partial charge in [-0.3, -0.25) is 4.79 Å². The zero-order valence-electron chi connectivity index (χ0n) is 15.5. The minimum absolute atomic E-state index is 0.256. The maximum atomic E-state index is 13.9. The Balaban J connectivity index is 2.08. The molecule has 2 aromatic carbocycles. The fraction of sp³-hybridized carbons (Fsp3) is 0.300. The summed E-state index contributed by atoms with van der Waals surface area (Å²) in [5, 5.41) is 2.77. The average molecular weight is 359 g/mol. The lowest BCUT2D eigenvalue weighted by atomic mass is 10.0. The standard InChI is InChI=1S/C20H22FNO4/c1-11-8-12(2)18(13(3)9-11)22-19(23)14(4)26-20(24)16-7-6-15(25-5)10-17(16)21/h6-10,14H,1-5H3,(H,22,23)/t14-/m1/s1. The number of anilines is 1. The molecule has 0 fully saturated rings. The molecule has 0 radical (unpaired) electrons. The van der Waals surface area contributed by atoms with Crippen LogP contribution in [0.1, 0.15) is 34.0 Å². The quantitative estimate of drug-likeness (QED) is 0.821. The van der Waals surface area contributed by atoms with Gasteiger partial charge >= 0.3 is 5.97 Å². The summed E-state index contributed by atoms with van der Waals surface area (Å²) >= 11 is 0. The number of hydrogen-bond acceptors (Lipinski definition) is 4. The number of carbonyl (C=O) groups excluding carboxylic acids is 2. The van der Waals surface area contributed by atoms with Crippen LogP contribution in [0.25, 0.3) is 0 Å². The van der Waals surface area contributed by atoms with Crippen LogP contribution in [0.15, 0.2) is 30.3 Å². The Morgan fingerprint density at radius 3 is 2.23 bits per heavy atom. The topological polar surface area (TPSA) is 64.6 Å². The van der Waals surface area contributed by atoms with E-state index in [1.54, 1.807) is 0 Å². The number of methoxy groups -OCH3 is 1. The van der Waals surface area contributed by atoms with Gasteiger partial charge in [0.15, 0.2) is 6.10 Å². The molecule has 0 saturated carbocycles. The monoisotopic (exact) mass is 359 g/mol. The van der Waals surface area contributed by atoms with E-state index in [9.17, 15) is 14.0 Å². The summed E-state index contributed by atoms with van der Waals surface area (Å²) in [6, 6.07) is 7.69. The third kappa shape index (κ3) is 4.39. The first-order chi connectivity index (χ1) is 12.2. The van der Waals surface area contributed by atoms with Gasteiger partial charge in [-0.2, -0.15) is 0 Å². The summed E-state index contributed by atoms with van der Waals surface area (Å²) in [6.07, 6.45) is -1.08. The molecule has 0 aliphatic carbocycles. The van der Waals surface area contributed by atoms with Crippen molar-refractivity contribution in [2.24, 2.45) is 0 Å². The highest BCUT2D eigenvalue weighted by Gasteiger charge is 2.22. The molecule has 1 atom stereocenters. The summed E-state index contributed by atoms with van der Waals surface area (Å²) in [5.74, 6) is -1.88. The van der Waals surface area contributed by atoms with E-state index >= 15 is 0 Å². The maximum Gasteiger partial charge on any atom is 0.341 e. The molecule has 1 amide bonds. The smallest absolute Gasteiger partial charge is 0.341 e. The second-order valence-corrected chi connectivity index (χ2v) is 6.16. The molecule has 2 aromatic rings. The lowest BCUT2D eigenvalue weighted by molar-refractivity contribution is -0.123. The number of aryl methyl sites for hydroxylation is 3. The molecule has 0 unspecified atom stereocenters. The van der Waals surface area contributed by atoms with Crippen molar-refractivity contribution in [2.75, 3.05) is 12.4 Å². The van der Waals surface area contributed by atoms with Gasteiger partial charge in [-0.15, -0.1) is 0 Å². The number of nitrogens with one attached hydrogen (secondary N) is 1. The third-order valence-corrected chi connectivity index (χ3v) is 3.97. The Labute approximate surface area is 152 Å². The zero-order valence-corrected chi connectivity index (χ0v) is 15.5. The highest BCUT2D eigenvalue weighted by atomic mass is 19.1. The van der Waals surface area contributed by atoms with Crippen LogP contribution in [0.4, 0.5) is 10.1 Å². The Bertz CT molecular complexity index is 825. The minimum atomic E-state index is -1.08. The first kappa shape index (κ1) is 19.4. The van der Waals surface area contributed by atoms with E-state index in [0.717, 1.165) is 22.8 Å². The van der Waals surface area contributed by atoms with E-state index in [4.69, 9.17) is 9.47 Å². The van der Waals surface area contributed by atoms with Crippen LogP contribution < -0.4 is 10.1 Å². The van der Waals surface area contributed by atoms with Gasteiger partial charge in [0, 0.05) is 11.8 Å². The highest BCUT2D eigenvalue weighted by molar-refractivity contribution is 5.98. The van der Waals surface area contributed by atoms with Crippen molar-refractivity contribution in [3.05, 3.63) is 58.4 Å². The molecule has 0 aliphatic heterocycles. The molecule has 138 valence electrons. The van der Waals surface area contributed by atoms with Crippen LogP contribution in [0, 0.1) is 26.6 Å². The summed E-state index contributed by atoms with van der Waals surface area (Å²) in [7, 11) is 1.40. The molecule has 5 nitrogen and oxygen atoms in total. The molecule has 2 rings (SSSR count). The molecular formula is C20H22FNO4. The lowest BCUT2D eigenvalue weighted by Crippen LogP contribution is -2.30. The van der Waals surface area contributed by atoms with Gasteiger partial charge in [0.25, 0.3) is 5.91 Å². The van der Waals surface area contributed by atoms with Gasteiger partial charge in [0.2, 0.25) is 0 Å². The Hall–Kier alpha value is -2.89. The van der Waals surface area contributed by atoms with Gasteiger partial charge in [-0.25, -0.2) is 9.18 Å². The van der Waals surface area contributed by atoms with Crippen LogP contribution in [0.5, 0.6) is 5.75 Å². The van der Waals surface area contributed by atoms with Gasteiger partial charge in [-0.1, -0.05) is 17.7 Å². The van der Waals surface area contributed by atoms with Crippen LogP contribution in [0.3, 0.4) is 0 Å². The van der Waals surface area contributed by atoms with E-state index in [2.05, 4.69) is 5.32 Å². The third-order valence-electron chi connectivity index (χ3n) is 3.97. The van der Waals surface area contributed by atoms with E-state index < -0.39 is 23.8 Å². The predicted octanol–water partition coefficient (Wildman–Crippen LogP) is 3.94. The van der Waals surface area contributed by atoms with E-state index in [1.165, 1.54) is 26.2 Å². The van der Waals surface area contributed by atoms with E-state index in [-0.39, 0.29) is 11.3 Å². The van der Waals surface area contributed by atoms with Crippen molar-refractivity contribution in [3.63, 3.8) is 0 Å². The van der Waals surface area contributed by atoms with Crippen LogP contribution >= 0.6 is 0 Å². The first-order valence-electron chi connectivity index (χ1n) is 8.16. The Kier molecular flexibility index (Phi) is 5.97. The molecule has 6 heteroatoms. The number of hydrogen-bond donors (Lipinski definition) is 1. The van der Waals surface area contributed by atoms with E-state index in [0.29, 0.717) is 5.69 Å². The van der Waals surface area contributed by atoms with Crippen molar-refractivity contribution < 1.29 is 23.5 Å². The van der Waals surface area contributed by atoms with Crippen LogP contribution in [0.2, 0.25) is 0 Å². The number of amides is 1. The van der Waals surface area contributed by atoms with Crippen molar-refractivity contribution in [2.45, 2.75) is 33.8 Å². The highest BCUT2D eigenvalue weighted by Crippen LogP contribution is 2.22. The molecular weight excluding hydrogens is 337 g/mol. The van der Waals surface area contributed by atoms with Crippen LogP contribution in [-0.2, 0) is 9.53 Å². The number of rotatable bonds is 5. The molecule has 0 bridgehead atoms. The minimum Gasteiger partial charge on any atom is -0.497 e. The fourth-order valence-corrected chi connectivity index (χ4v) is 2.67. The van der Waals surface area contributed by atoms with Gasteiger partial charge in [0.05, 0.1) is 12.7 Å². The van der Waals surface area contributed by atoms with Gasteiger partial charge in [-0.05, 0) is 51.0 Å². The number of carbonyl (C=O) groups is 2. The number of benzene rings is 2. The predicted molar refractivity (Wildman–Crippen MR) is 97.1 cm³/mol. The summed E-state index contributed by atoms with van der Waals surface area (Å²) in [4.78, 5) is 24.5. The first-order valence-corrected chi connectivity index (χ1v) is 8.16. The largest absolute Gasteiger partial charge is 0.497 e. The molecule has 0 heterocycles. The van der Waals surface area contributed by atoms with Gasteiger partial charge in [0.1, 0.15) is 11.6 Å². The number of ether oxygens (including phenoxy) is 2. The number of esters is 1. The number of halogens is 1. The Morgan fingerprint density at radius 2 is 1.69 bits per heavy atom. The normalized spacial score (nSPS) is 11.6. The zero-order chi connectivity index (χ0) is 19.4. The fourth-order valence-electron chi connectivity index (χ4n) is 2.67. The summed E-state index contributed by atoms with van der Waals surface area (Å²) < 4.78 is 23.9. The van der Waals surface area contributed by atoms with Crippen molar-refractivity contribution in [1.29, 1.82) is 0 Å². The SMILES string of the molecule is COc1ccc(C(=O)O[C@H](C)C(=O)Nc2c(C)cc(C)cc2C)c(F)c1. The second-order valence-electron chi connectivity index (χ2n) is 6.16. The Morgan fingerprint density at radius 1 is 1.08 bits per heavy atom. The lowest BCUT2D eigenvalue weighted by Gasteiger charge is -2.17. The molecule has 26 heavy (non-hydrogen) atoms. The van der Waals surface area contributed by atoms with Crippen molar-refractivity contribution >= 4 is 17.6 Å². The van der Waals surface area contributed by atoms with E-state index in [1.807, 2.05) is 32.9 Å². The molecule has 0 spiro atoms. The summed E-state index contributed by atoms with van der Waals surface area (Å²) in [5.41, 5.74) is 3.34. The summed E-state index contributed by atoms with van der Waals surface area (Å²) in [6.45, 7) is 7.19. The molecule has 0 aliphatic rings. The van der Waals surface area contributed by atoms with Crippen molar-refractivity contribution in [1.82, 2.24) is 0 Å². The van der Waals surface area contributed by atoms with Gasteiger partial charge < -0.3 is 14.8 Å². The molecule has 0 saturated heterocycles. The van der Waals surface area contributed by atoms with Crippen LogP contribution in [-0.4, -0.2) is 25.1 Å². The molecule has 1 N–H and O–H groups in total. The maximum absolute atomic E-state index is 13.9. The second kappa shape index (κ2) is 7.99.